The maximum absolute atomic E-state index is 11.2. The van der Waals surface area contributed by atoms with Crippen molar-refractivity contribution in [2.24, 2.45) is 0 Å². The van der Waals surface area contributed by atoms with Crippen molar-refractivity contribution >= 4 is 5.91 Å². The molecule has 82 valence electrons. The van der Waals surface area contributed by atoms with Gasteiger partial charge in [-0.1, -0.05) is 13.8 Å². The van der Waals surface area contributed by atoms with E-state index >= 15 is 0 Å². The lowest BCUT2D eigenvalue weighted by Gasteiger charge is -2.24. The second kappa shape index (κ2) is 3.68. The zero-order chi connectivity index (χ0) is 11.0. The molecule has 0 atom stereocenters. The Morgan fingerprint density at radius 2 is 2.27 bits per heavy atom. The fourth-order valence-corrected chi connectivity index (χ4v) is 1.86. The summed E-state index contributed by atoms with van der Waals surface area (Å²) in [6.45, 7) is 7.33. The molecule has 1 aliphatic rings. The third kappa shape index (κ3) is 1.89. The van der Waals surface area contributed by atoms with Crippen LogP contribution in [0.15, 0.2) is 0 Å². The van der Waals surface area contributed by atoms with E-state index in [0.717, 1.165) is 30.2 Å². The number of H-pyrrole nitrogens is 1. The highest BCUT2D eigenvalue weighted by Gasteiger charge is 2.21. The molecule has 0 bridgehead atoms. The van der Waals surface area contributed by atoms with Crippen LogP contribution >= 0.6 is 0 Å². The second-order valence-corrected chi connectivity index (χ2v) is 4.39. The summed E-state index contributed by atoms with van der Waals surface area (Å²) in [6, 6.07) is 0. The molecule has 1 aromatic rings. The molecule has 0 aromatic carbocycles. The number of aromatic nitrogens is 2. The Labute approximate surface area is 89.7 Å². The summed E-state index contributed by atoms with van der Waals surface area (Å²) in [7, 11) is 0. The highest BCUT2D eigenvalue weighted by atomic mass is 16.2. The van der Waals surface area contributed by atoms with Crippen molar-refractivity contribution in [3.05, 3.63) is 17.2 Å². The lowest BCUT2D eigenvalue weighted by atomic mass is 10.1. The quantitative estimate of drug-likeness (QED) is 0.757. The maximum atomic E-state index is 11.2. The Kier molecular flexibility index (Phi) is 2.50. The summed E-state index contributed by atoms with van der Waals surface area (Å²) < 4.78 is 0. The number of rotatable bonds is 1. The van der Waals surface area contributed by atoms with Crippen LogP contribution in [0.25, 0.3) is 0 Å². The molecule has 0 unspecified atom stereocenters. The van der Waals surface area contributed by atoms with Gasteiger partial charge in [0.2, 0.25) is 5.91 Å². The zero-order valence-corrected chi connectivity index (χ0v) is 9.50. The van der Waals surface area contributed by atoms with Crippen LogP contribution in [0.3, 0.4) is 0 Å². The van der Waals surface area contributed by atoms with E-state index in [2.05, 4.69) is 23.8 Å². The molecule has 4 nitrogen and oxygen atoms in total. The van der Waals surface area contributed by atoms with Gasteiger partial charge in [-0.25, -0.2) is 4.98 Å². The van der Waals surface area contributed by atoms with Crippen molar-refractivity contribution in [2.75, 3.05) is 6.54 Å². The normalized spacial score (nSPS) is 15.6. The molecule has 0 spiro atoms. The first-order valence-corrected chi connectivity index (χ1v) is 5.41. The predicted octanol–water partition coefficient (Wildman–Crippen LogP) is 1.44. The number of imidazole rings is 1. The lowest BCUT2D eigenvalue weighted by molar-refractivity contribution is -0.129. The number of amides is 1. The smallest absolute Gasteiger partial charge is 0.219 e. The summed E-state index contributed by atoms with van der Waals surface area (Å²) in [4.78, 5) is 21.0. The van der Waals surface area contributed by atoms with Gasteiger partial charge in [-0.3, -0.25) is 4.79 Å². The molecular weight excluding hydrogens is 190 g/mol. The number of carbonyl (C=O) groups excluding carboxylic acids is 1. The largest absolute Gasteiger partial charge is 0.344 e. The number of fused-ring (bicyclic) bond motifs is 1. The van der Waals surface area contributed by atoms with Gasteiger partial charge in [-0.05, 0) is 0 Å². The average Bonchev–Trinajstić information content (AvgIpc) is 2.59. The standard InChI is InChI=1S/C11H17N3O/c1-7(2)11-12-9-4-5-14(8(3)15)6-10(9)13-11/h7H,4-6H2,1-3H3,(H,12,13). The minimum Gasteiger partial charge on any atom is -0.344 e. The minimum absolute atomic E-state index is 0.140. The topological polar surface area (TPSA) is 49.0 Å². The van der Waals surface area contributed by atoms with Gasteiger partial charge >= 0.3 is 0 Å². The molecule has 0 saturated carbocycles. The number of nitrogens with zero attached hydrogens (tertiary/aromatic N) is 2. The number of nitrogens with one attached hydrogen (secondary N) is 1. The Hall–Kier alpha value is -1.32. The van der Waals surface area contributed by atoms with Crippen molar-refractivity contribution in [1.29, 1.82) is 0 Å². The zero-order valence-electron chi connectivity index (χ0n) is 9.50. The third-order valence-corrected chi connectivity index (χ3v) is 2.84. The molecule has 0 radical (unpaired) electrons. The summed E-state index contributed by atoms with van der Waals surface area (Å²) in [6.07, 6.45) is 0.873. The summed E-state index contributed by atoms with van der Waals surface area (Å²) in [5, 5.41) is 0. The van der Waals surface area contributed by atoms with Crippen LogP contribution in [0.4, 0.5) is 0 Å². The van der Waals surface area contributed by atoms with Crippen molar-refractivity contribution < 1.29 is 4.79 Å². The molecule has 0 fully saturated rings. The SMILES string of the molecule is CC(=O)N1CCc2nc(C(C)C)[nH]c2C1. The molecule has 0 saturated heterocycles. The van der Waals surface area contributed by atoms with Gasteiger partial charge in [0.25, 0.3) is 0 Å². The van der Waals surface area contributed by atoms with Gasteiger partial charge in [-0.2, -0.15) is 0 Å². The Morgan fingerprint density at radius 1 is 1.53 bits per heavy atom. The van der Waals surface area contributed by atoms with E-state index < -0.39 is 0 Å². The van der Waals surface area contributed by atoms with E-state index in [1.54, 1.807) is 6.92 Å². The van der Waals surface area contributed by atoms with Gasteiger partial charge in [0.1, 0.15) is 5.82 Å². The Bertz CT molecular complexity index is 381. The molecule has 15 heavy (non-hydrogen) atoms. The van der Waals surface area contributed by atoms with E-state index in [9.17, 15) is 4.79 Å². The monoisotopic (exact) mass is 207 g/mol. The molecule has 1 N–H and O–H groups in total. The molecule has 0 aliphatic carbocycles. The van der Waals surface area contributed by atoms with Gasteiger partial charge in [0.15, 0.2) is 0 Å². The van der Waals surface area contributed by atoms with Crippen LogP contribution in [-0.4, -0.2) is 27.3 Å². The van der Waals surface area contributed by atoms with Crippen molar-refractivity contribution in [2.45, 2.75) is 39.7 Å². The van der Waals surface area contributed by atoms with E-state index in [-0.39, 0.29) is 5.91 Å². The van der Waals surface area contributed by atoms with Crippen LogP contribution in [0.5, 0.6) is 0 Å². The molecule has 1 aromatic heterocycles. The highest BCUT2D eigenvalue weighted by Crippen LogP contribution is 2.20. The van der Waals surface area contributed by atoms with E-state index in [4.69, 9.17) is 0 Å². The van der Waals surface area contributed by atoms with Crippen molar-refractivity contribution in [1.82, 2.24) is 14.9 Å². The number of carbonyl (C=O) groups is 1. The second-order valence-electron chi connectivity index (χ2n) is 4.39. The van der Waals surface area contributed by atoms with Crippen LogP contribution in [0.2, 0.25) is 0 Å². The number of aromatic amines is 1. The summed E-state index contributed by atoms with van der Waals surface area (Å²) >= 11 is 0. The number of hydrogen-bond acceptors (Lipinski definition) is 2. The first kappa shape index (κ1) is 10.2. The fourth-order valence-electron chi connectivity index (χ4n) is 1.86. The third-order valence-electron chi connectivity index (χ3n) is 2.84. The first-order chi connectivity index (χ1) is 7.08. The number of hydrogen-bond donors (Lipinski definition) is 1. The van der Waals surface area contributed by atoms with Crippen molar-refractivity contribution in [3.63, 3.8) is 0 Å². The van der Waals surface area contributed by atoms with Crippen LogP contribution in [0.1, 0.15) is 43.9 Å². The van der Waals surface area contributed by atoms with Crippen LogP contribution < -0.4 is 0 Å². The maximum Gasteiger partial charge on any atom is 0.219 e. The summed E-state index contributed by atoms with van der Waals surface area (Å²) in [5.41, 5.74) is 2.25. The molecule has 2 rings (SSSR count). The minimum atomic E-state index is 0.140. The fraction of sp³-hybridized carbons (Fsp3) is 0.636. The van der Waals surface area contributed by atoms with Gasteiger partial charge < -0.3 is 9.88 Å². The lowest BCUT2D eigenvalue weighted by Crippen LogP contribution is -2.34. The van der Waals surface area contributed by atoms with Gasteiger partial charge in [0.05, 0.1) is 17.9 Å². The summed E-state index contributed by atoms with van der Waals surface area (Å²) in [5.74, 6) is 1.59. The van der Waals surface area contributed by atoms with Gasteiger partial charge in [0, 0.05) is 25.8 Å². The molecule has 2 heterocycles. The Morgan fingerprint density at radius 3 is 2.87 bits per heavy atom. The average molecular weight is 207 g/mol. The van der Waals surface area contributed by atoms with Crippen molar-refractivity contribution in [3.8, 4) is 0 Å². The molecule has 4 heteroatoms. The molecule has 1 aliphatic heterocycles. The van der Waals surface area contributed by atoms with Crippen LogP contribution in [-0.2, 0) is 17.8 Å². The molecular formula is C11H17N3O. The van der Waals surface area contributed by atoms with E-state index in [0.29, 0.717) is 12.5 Å². The van der Waals surface area contributed by atoms with E-state index in [1.165, 1.54) is 0 Å². The molecule has 1 amide bonds. The van der Waals surface area contributed by atoms with Crippen LogP contribution in [0, 0.1) is 0 Å². The first-order valence-electron chi connectivity index (χ1n) is 5.41. The predicted molar refractivity (Wildman–Crippen MR) is 57.5 cm³/mol. The highest BCUT2D eigenvalue weighted by molar-refractivity contribution is 5.73. The Balaban J connectivity index is 2.22. The van der Waals surface area contributed by atoms with E-state index in [1.807, 2.05) is 4.90 Å². The van der Waals surface area contributed by atoms with Gasteiger partial charge in [-0.15, -0.1) is 0 Å².